The molecule has 0 heterocycles. The molecule has 2 nitrogen and oxygen atoms in total. The second-order valence-electron chi connectivity index (χ2n) is 2.34. The fourth-order valence-electron chi connectivity index (χ4n) is 0.785. The third kappa shape index (κ3) is 2.63. The van der Waals surface area contributed by atoms with E-state index in [1.54, 1.807) is 0 Å². The molecule has 16 heavy (non-hydrogen) atoms. The summed E-state index contributed by atoms with van der Waals surface area (Å²) in [6.07, 6.45) is 4.78. The topological polar surface area (TPSA) is 26.3 Å². The average molecular weight is 345 g/mol. The molecule has 0 aliphatic heterocycles. The Bertz CT molecular complexity index is 455. The van der Waals surface area contributed by atoms with Crippen molar-refractivity contribution in [1.82, 2.24) is 0 Å². The van der Waals surface area contributed by atoms with E-state index in [0.29, 0.717) is 0 Å². The van der Waals surface area contributed by atoms with Crippen LogP contribution in [-0.2, 0) is 0 Å². The number of ether oxygens (including phenoxy) is 1. The van der Waals surface area contributed by atoms with Crippen LogP contribution >= 0.6 is 0 Å². The molecule has 1 rings (SSSR count). The Morgan fingerprint density at radius 1 is 1.25 bits per heavy atom. The van der Waals surface area contributed by atoms with Crippen molar-refractivity contribution in [3.8, 4) is 16.1 Å². The Labute approximate surface area is 97.8 Å². The van der Waals surface area contributed by atoms with Gasteiger partial charge in [0, 0.05) is 0 Å². The van der Waals surface area contributed by atoms with Crippen LogP contribution in [-0.4, -0.2) is 3.98 Å². The van der Waals surface area contributed by atoms with Gasteiger partial charge in [-0.2, -0.15) is 0 Å². The van der Waals surface area contributed by atoms with E-state index in [9.17, 15) is 22.4 Å². The summed E-state index contributed by atoms with van der Waals surface area (Å²) < 4.78 is 56.2. The van der Waals surface area contributed by atoms with E-state index in [1.165, 1.54) is 0 Å². The maximum absolute atomic E-state index is 12.9. The number of carbonyl (C=O) groups is 1. The number of carbonyl (C=O) groups excluding carboxylic acids is 1. The van der Waals surface area contributed by atoms with E-state index in [2.05, 4.69) is 4.74 Å². The SMILES string of the molecule is C#C[I-]C(=O)Oc1c(F)c(F)cc(F)c1F. The Morgan fingerprint density at radius 3 is 2.19 bits per heavy atom. The molecule has 0 saturated carbocycles. The molecule has 1 aromatic rings. The van der Waals surface area contributed by atoms with E-state index < -0.39 is 54.2 Å². The van der Waals surface area contributed by atoms with Crippen molar-refractivity contribution in [2.24, 2.45) is 0 Å². The van der Waals surface area contributed by atoms with Gasteiger partial charge in [0.15, 0.2) is 0 Å². The van der Waals surface area contributed by atoms with Crippen molar-refractivity contribution in [1.29, 1.82) is 0 Å². The van der Waals surface area contributed by atoms with Crippen LogP contribution in [0.3, 0.4) is 0 Å². The molecule has 0 N–H and O–H groups in total. The summed E-state index contributed by atoms with van der Waals surface area (Å²) in [5, 5.41) is 0. The molecule has 0 aliphatic carbocycles. The van der Waals surface area contributed by atoms with Crippen molar-refractivity contribution in [2.45, 2.75) is 0 Å². The number of benzene rings is 1. The quantitative estimate of drug-likeness (QED) is 0.236. The summed E-state index contributed by atoms with van der Waals surface area (Å²) in [6, 6.07) is 0.0121. The predicted octanol–water partition coefficient (Wildman–Crippen LogP) is -0.579. The van der Waals surface area contributed by atoms with E-state index >= 15 is 0 Å². The van der Waals surface area contributed by atoms with Crippen molar-refractivity contribution >= 4 is 3.98 Å². The van der Waals surface area contributed by atoms with E-state index in [1.807, 2.05) is 3.93 Å². The second kappa shape index (κ2) is 5.16. The third-order valence-corrected chi connectivity index (χ3v) is 2.36. The summed E-state index contributed by atoms with van der Waals surface area (Å²) in [5.74, 6) is -8.25. The number of terminal acetylenes is 1. The fraction of sp³-hybridized carbons (Fsp3) is 0. The van der Waals surface area contributed by atoms with Crippen molar-refractivity contribution in [3.05, 3.63) is 29.3 Å². The van der Waals surface area contributed by atoms with Crippen LogP contribution in [0.5, 0.6) is 5.75 Å². The zero-order valence-corrected chi connectivity index (χ0v) is 9.52. The number of halogens is 5. The monoisotopic (exact) mass is 345 g/mol. The fourth-order valence-corrected chi connectivity index (χ4v) is 1.37. The molecule has 0 radical (unpaired) electrons. The molecule has 86 valence electrons. The van der Waals surface area contributed by atoms with Crippen LogP contribution in [0.4, 0.5) is 22.4 Å². The summed E-state index contributed by atoms with van der Waals surface area (Å²) in [7, 11) is 0. The van der Waals surface area contributed by atoms with Crippen LogP contribution < -0.4 is 25.9 Å². The van der Waals surface area contributed by atoms with Gasteiger partial charge in [-0.1, -0.05) is 0 Å². The first-order valence-electron chi connectivity index (χ1n) is 3.61. The molecule has 0 unspecified atom stereocenters. The summed E-state index contributed by atoms with van der Waals surface area (Å²) in [6.45, 7) is 0. The number of rotatable bonds is 2. The standard InChI is InChI=1S/C9H2F4IO2/c1-2-14-9(15)16-8-6(12)4(10)3-5(11)7(8)13/h1,3H/q-1. The van der Waals surface area contributed by atoms with Gasteiger partial charge in [0.1, 0.15) is 0 Å². The molecule has 0 spiro atoms. The van der Waals surface area contributed by atoms with E-state index in [4.69, 9.17) is 6.42 Å². The molecular weight excluding hydrogens is 343 g/mol. The maximum atomic E-state index is 12.9. The zero-order valence-electron chi connectivity index (χ0n) is 7.36. The second-order valence-corrected chi connectivity index (χ2v) is 4.38. The average Bonchev–Trinajstić information content (AvgIpc) is 2.22. The van der Waals surface area contributed by atoms with Gasteiger partial charge in [-0.15, -0.1) is 0 Å². The van der Waals surface area contributed by atoms with Gasteiger partial charge >= 0.3 is 97.7 Å². The Morgan fingerprint density at radius 2 is 1.75 bits per heavy atom. The first kappa shape index (κ1) is 12.8. The third-order valence-electron chi connectivity index (χ3n) is 1.39. The van der Waals surface area contributed by atoms with Crippen molar-refractivity contribution in [2.75, 3.05) is 0 Å². The summed E-state index contributed by atoms with van der Waals surface area (Å²) >= 11 is -1.52. The Kier molecular flexibility index (Phi) is 4.12. The van der Waals surface area contributed by atoms with Gasteiger partial charge in [0.25, 0.3) is 0 Å². The molecule has 0 amide bonds. The van der Waals surface area contributed by atoms with Gasteiger partial charge in [0.2, 0.25) is 0 Å². The van der Waals surface area contributed by atoms with Gasteiger partial charge < -0.3 is 0 Å². The van der Waals surface area contributed by atoms with Crippen LogP contribution in [0.15, 0.2) is 6.07 Å². The number of hydrogen-bond donors (Lipinski definition) is 0. The first-order chi connectivity index (χ1) is 7.47. The minimum atomic E-state index is -1.77. The van der Waals surface area contributed by atoms with Crippen LogP contribution in [0.25, 0.3) is 0 Å². The molecule has 0 aromatic heterocycles. The molecular formula is C9H2F4IO2-. The number of hydrogen-bond acceptors (Lipinski definition) is 2. The normalized spacial score (nSPS) is 9.94. The first-order valence-corrected chi connectivity index (χ1v) is 5.77. The van der Waals surface area contributed by atoms with E-state index in [-0.39, 0.29) is 6.07 Å². The minimum absolute atomic E-state index is 0.0121. The molecule has 0 fully saturated rings. The predicted molar refractivity (Wildman–Crippen MR) is 41.1 cm³/mol. The van der Waals surface area contributed by atoms with Crippen molar-refractivity contribution < 1.29 is 48.3 Å². The van der Waals surface area contributed by atoms with E-state index in [0.717, 1.165) is 0 Å². The molecule has 0 bridgehead atoms. The van der Waals surface area contributed by atoms with Gasteiger partial charge in [0.05, 0.1) is 0 Å². The van der Waals surface area contributed by atoms with Crippen LogP contribution in [0, 0.1) is 33.6 Å². The van der Waals surface area contributed by atoms with Gasteiger partial charge in [-0.3, -0.25) is 0 Å². The zero-order chi connectivity index (χ0) is 12.3. The Balaban J connectivity index is 3.13. The Hall–Kier alpha value is -1.30. The van der Waals surface area contributed by atoms with Crippen LogP contribution in [0.2, 0.25) is 0 Å². The van der Waals surface area contributed by atoms with Crippen molar-refractivity contribution in [3.63, 3.8) is 0 Å². The summed E-state index contributed by atoms with van der Waals surface area (Å²) in [5.41, 5.74) is 0. The molecule has 7 heteroatoms. The van der Waals surface area contributed by atoms with Gasteiger partial charge in [-0.25, -0.2) is 0 Å². The molecule has 0 aliphatic rings. The molecule has 1 aromatic carbocycles. The molecule has 0 saturated heterocycles. The summed E-state index contributed by atoms with van der Waals surface area (Å²) in [4.78, 5) is 10.8. The van der Waals surface area contributed by atoms with Gasteiger partial charge in [-0.05, 0) is 0 Å². The van der Waals surface area contributed by atoms with Crippen LogP contribution in [0.1, 0.15) is 0 Å². The molecule has 0 atom stereocenters.